The Morgan fingerprint density at radius 1 is 1.11 bits per heavy atom. The number of likely N-dealkylation sites (tertiary alicyclic amines) is 1. The molecule has 1 fully saturated rings. The minimum atomic E-state index is 0.125. The molecule has 1 aliphatic heterocycles. The number of thiazole rings is 1. The molecule has 0 radical (unpaired) electrons. The Hall–Kier alpha value is -2.53. The first-order valence-corrected chi connectivity index (χ1v) is 10.7. The van der Waals surface area contributed by atoms with Gasteiger partial charge < -0.3 is 4.90 Å². The predicted octanol–water partition coefficient (Wildman–Crippen LogP) is 4.77. The van der Waals surface area contributed by atoms with Crippen LogP contribution in [0.4, 0.5) is 0 Å². The highest BCUT2D eigenvalue weighted by Crippen LogP contribution is 2.28. The number of hydrogen-bond donors (Lipinski definition) is 0. The maximum absolute atomic E-state index is 12.7. The number of pyridine rings is 1. The molecule has 5 heteroatoms. The van der Waals surface area contributed by atoms with Crippen molar-refractivity contribution in [2.45, 2.75) is 39.0 Å². The zero-order valence-corrected chi connectivity index (χ0v) is 17.2. The van der Waals surface area contributed by atoms with Crippen LogP contribution in [0.2, 0.25) is 0 Å². The Bertz CT molecular complexity index is 973. The lowest BCUT2D eigenvalue weighted by atomic mass is 9.92. The van der Waals surface area contributed by atoms with Crippen molar-refractivity contribution < 1.29 is 4.79 Å². The number of carbonyl (C=O) groups is 1. The first kappa shape index (κ1) is 18.8. The number of benzene rings is 1. The molecule has 1 aliphatic rings. The molecule has 4 rings (SSSR count). The lowest BCUT2D eigenvalue weighted by molar-refractivity contribution is 0.0716. The normalized spacial score (nSPS) is 15.0. The first-order valence-electron chi connectivity index (χ1n) is 9.81. The monoisotopic (exact) mass is 391 g/mol. The molecule has 0 N–H and O–H groups in total. The van der Waals surface area contributed by atoms with E-state index in [9.17, 15) is 4.79 Å². The van der Waals surface area contributed by atoms with Crippen molar-refractivity contribution in [2.24, 2.45) is 0 Å². The second kappa shape index (κ2) is 8.23. The number of amides is 1. The highest BCUT2D eigenvalue weighted by atomic mass is 32.1. The molecule has 1 aromatic carbocycles. The van der Waals surface area contributed by atoms with Crippen LogP contribution in [0.25, 0.3) is 0 Å². The number of carbonyl (C=O) groups excluding carboxylic acids is 1. The van der Waals surface area contributed by atoms with E-state index < -0.39 is 0 Å². The van der Waals surface area contributed by atoms with E-state index >= 15 is 0 Å². The van der Waals surface area contributed by atoms with Gasteiger partial charge in [-0.05, 0) is 49.9 Å². The van der Waals surface area contributed by atoms with Gasteiger partial charge in [0.05, 0.1) is 11.2 Å². The SMILES string of the molecule is Cc1ccccc1Cc1cccc(C2CCN(C(=O)c3scnc3C)CC2)n1. The van der Waals surface area contributed by atoms with Crippen LogP contribution < -0.4 is 0 Å². The van der Waals surface area contributed by atoms with E-state index in [1.165, 1.54) is 22.5 Å². The van der Waals surface area contributed by atoms with E-state index in [2.05, 4.69) is 54.4 Å². The lowest BCUT2D eigenvalue weighted by Gasteiger charge is -2.31. The topological polar surface area (TPSA) is 46.1 Å². The minimum absolute atomic E-state index is 0.125. The fraction of sp³-hybridized carbons (Fsp3) is 0.348. The number of piperidine rings is 1. The molecule has 4 nitrogen and oxygen atoms in total. The standard InChI is InChI=1S/C23H25N3OS/c1-16-6-3-4-7-19(16)14-20-8-5-9-21(25-20)18-10-12-26(13-11-18)23(27)22-17(2)24-15-28-22/h3-9,15,18H,10-14H2,1-2H3. The van der Waals surface area contributed by atoms with Crippen molar-refractivity contribution in [2.75, 3.05) is 13.1 Å². The summed E-state index contributed by atoms with van der Waals surface area (Å²) in [5.41, 5.74) is 7.49. The Labute approximate surface area is 170 Å². The van der Waals surface area contributed by atoms with Crippen molar-refractivity contribution in [1.29, 1.82) is 0 Å². The van der Waals surface area contributed by atoms with Crippen molar-refractivity contribution in [1.82, 2.24) is 14.9 Å². The molecule has 1 amide bonds. The van der Waals surface area contributed by atoms with Gasteiger partial charge in [0.1, 0.15) is 4.88 Å². The molecule has 3 aromatic rings. The maximum Gasteiger partial charge on any atom is 0.265 e. The highest BCUT2D eigenvalue weighted by molar-refractivity contribution is 7.11. The molecule has 0 spiro atoms. The van der Waals surface area contributed by atoms with Crippen molar-refractivity contribution in [3.63, 3.8) is 0 Å². The Morgan fingerprint density at radius 3 is 2.61 bits per heavy atom. The Balaban J connectivity index is 1.42. The molecule has 0 atom stereocenters. The van der Waals surface area contributed by atoms with E-state index in [0.717, 1.165) is 54.3 Å². The van der Waals surface area contributed by atoms with E-state index in [1.54, 1.807) is 5.51 Å². The fourth-order valence-electron chi connectivity index (χ4n) is 3.86. The lowest BCUT2D eigenvalue weighted by Crippen LogP contribution is -2.38. The van der Waals surface area contributed by atoms with Gasteiger partial charge in [-0.1, -0.05) is 30.3 Å². The summed E-state index contributed by atoms with van der Waals surface area (Å²) in [6, 6.07) is 14.9. The number of aromatic nitrogens is 2. The van der Waals surface area contributed by atoms with Crippen LogP contribution in [0.1, 0.15) is 56.6 Å². The largest absolute Gasteiger partial charge is 0.338 e. The molecule has 144 valence electrons. The van der Waals surface area contributed by atoms with Gasteiger partial charge >= 0.3 is 0 Å². The predicted molar refractivity (Wildman–Crippen MR) is 113 cm³/mol. The van der Waals surface area contributed by atoms with Crippen LogP contribution in [0.5, 0.6) is 0 Å². The first-order chi connectivity index (χ1) is 13.6. The summed E-state index contributed by atoms with van der Waals surface area (Å²) in [6.45, 7) is 5.62. The van der Waals surface area contributed by atoms with Gasteiger partial charge in [0.25, 0.3) is 5.91 Å². The number of aryl methyl sites for hydroxylation is 2. The van der Waals surface area contributed by atoms with E-state index in [4.69, 9.17) is 4.98 Å². The summed E-state index contributed by atoms with van der Waals surface area (Å²) in [5.74, 6) is 0.545. The van der Waals surface area contributed by atoms with Crippen molar-refractivity contribution in [3.8, 4) is 0 Å². The molecule has 1 saturated heterocycles. The molecule has 0 unspecified atom stereocenters. The zero-order chi connectivity index (χ0) is 19.5. The van der Waals surface area contributed by atoms with Gasteiger partial charge in [-0.2, -0.15) is 0 Å². The summed E-state index contributed by atoms with van der Waals surface area (Å²) in [4.78, 5) is 24.6. The van der Waals surface area contributed by atoms with Crippen LogP contribution >= 0.6 is 11.3 Å². The fourth-order valence-corrected chi connectivity index (χ4v) is 4.63. The third-order valence-electron chi connectivity index (χ3n) is 5.60. The van der Waals surface area contributed by atoms with E-state index in [-0.39, 0.29) is 5.91 Å². The van der Waals surface area contributed by atoms with Gasteiger partial charge in [-0.15, -0.1) is 11.3 Å². The zero-order valence-electron chi connectivity index (χ0n) is 16.4. The quantitative estimate of drug-likeness (QED) is 0.644. The third kappa shape index (κ3) is 3.99. The second-order valence-corrected chi connectivity index (χ2v) is 8.35. The van der Waals surface area contributed by atoms with Gasteiger partial charge in [-0.25, -0.2) is 4.98 Å². The van der Waals surface area contributed by atoms with Gasteiger partial charge in [-0.3, -0.25) is 9.78 Å². The number of hydrogen-bond acceptors (Lipinski definition) is 4. The Kier molecular flexibility index (Phi) is 5.53. The minimum Gasteiger partial charge on any atom is -0.338 e. The van der Waals surface area contributed by atoms with Crippen LogP contribution in [0, 0.1) is 13.8 Å². The van der Waals surface area contributed by atoms with Gasteiger partial charge in [0.15, 0.2) is 0 Å². The molecule has 28 heavy (non-hydrogen) atoms. The third-order valence-corrected chi connectivity index (χ3v) is 6.52. The molecule has 0 aliphatic carbocycles. The van der Waals surface area contributed by atoms with Crippen LogP contribution in [-0.2, 0) is 6.42 Å². The smallest absolute Gasteiger partial charge is 0.265 e. The summed E-state index contributed by atoms with van der Waals surface area (Å²) < 4.78 is 0. The molecular weight excluding hydrogens is 366 g/mol. The van der Waals surface area contributed by atoms with Crippen molar-refractivity contribution >= 4 is 17.2 Å². The van der Waals surface area contributed by atoms with E-state index in [1.807, 2.05) is 11.8 Å². The Morgan fingerprint density at radius 2 is 1.89 bits per heavy atom. The summed E-state index contributed by atoms with van der Waals surface area (Å²) in [6.07, 6.45) is 2.79. The molecule has 0 saturated carbocycles. The highest BCUT2D eigenvalue weighted by Gasteiger charge is 2.27. The van der Waals surface area contributed by atoms with Crippen LogP contribution in [0.15, 0.2) is 48.0 Å². The van der Waals surface area contributed by atoms with Crippen LogP contribution in [-0.4, -0.2) is 33.9 Å². The summed E-state index contributed by atoms with van der Waals surface area (Å²) >= 11 is 1.44. The van der Waals surface area contributed by atoms with Crippen LogP contribution in [0.3, 0.4) is 0 Å². The molecule has 0 bridgehead atoms. The average Bonchev–Trinajstić information content (AvgIpc) is 3.15. The summed E-state index contributed by atoms with van der Waals surface area (Å²) in [7, 11) is 0. The maximum atomic E-state index is 12.7. The van der Waals surface area contributed by atoms with Crippen molar-refractivity contribution in [3.05, 3.63) is 81.1 Å². The summed E-state index contributed by atoms with van der Waals surface area (Å²) in [5, 5.41) is 0. The molecule has 3 heterocycles. The van der Waals surface area contributed by atoms with Gasteiger partial charge in [0.2, 0.25) is 0 Å². The second-order valence-electron chi connectivity index (χ2n) is 7.49. The molecule has 2 aromatic heterocycles. The average molecular weight is 392 g/mol. The number of nitrogens with zero attached hydrogens (tertiary/aromatic N) is 3. The van der Waals surface area contributed by atoms with Gasteiger partial charge in [0, 0.05) is 36.8 Å². The van der Waals surface area contributed by atoms with E-state index in [0.29, 0.717) is 5.92 Å². The number of rotatable bonds is 4. The molecular formula is C23H25N3OS.